The number of thiophene rings is 1. The van der Waals surface area contributed by atoms with Gasteiger partial charge in [0.05, 0.1) is 12.1 Å². The van der Waals surface area contributed by atoms with E-state index in [1.165, 1.54) is 0 Å². The van der Waals surface area contributed by atoms with E-state index in [0.29, 0.717) is 24.4 Å². The highest BCUT2D eigenvalue weighted by atomic mass is 32.1. The second-order valence-corrected chi connectivity index (χ2v) is 5.68. The Hall–Kier alpha value is -2.34. The molecular formula is C16H18N2O3S. The van der Waals surface area contributed by atoms with Crippen molar-refractivity contribution < 1.29 is 14.3 Å². The third-order valence-corrected chi connectivity index (χ3v) is 3.94. The second-order valence-electron chi connectivity index (χ2n) is 4.65. The van der Waals surface area contributed by atoms with Crippen molar-refractivity contribution in [2.24, 2.45) is 5.73 Å². The van der Waals surface area contributed by atoms with Crippen LogP contribution in [0.15, 0.2) is 41.8 Å². The number of amides is 2. The van der Waals surface area contributed by atoms with E-state index in [1.807, 2.05) is 24.4 Å². The summed E-state index contributed by atoms with van der Waals surface area (Å²) in [5, 5.41) is 1.98. The first-order chi connectivity index (χ1) is 10.6. The largest absolute Gasteiger partial charge is 0.483 e. The van der Waals surface area contributed by atoms with E-state index >= 15 is 0 Å². The minimum absolute atomic E-state index is 0.129. The Labute approximate surface area is 133 Å². The van der Waals surface area contributed by atoms with Gasteiger partial charge in [-0.25, -0.2) is 0 Å². The van der Waals surface area contributed by atoms with E-state index in [0.717, 1.165) is 4.88 Å². The van der Waals surface area contributed by atoms with Gasteiger partial charge >= 0.3 is 0 Å². The van der Waals surface area contributed by atoms with Gasteiger partial charge in [-0.3, -0.25) is 9.59 Å². The Morgan fingerprint density at radius 1 is 1.23 bits per heavy atom. The normalized spacial score (nSPS) is 10.2. The van der Waals surface area contributed by atoms with Crippen LogP contribution in [0, 0.1) is 0 Å². The quantitative estimate of drug-likeness (QED) is 0.851. The summed E-state index contributed by atoms with van der Waals surface area (Å²) in [6, 6.07) is 10.8. The van der Waals surface area contributed by atoms with Crippen LogP contribution in [0.4, 0.5) is 0 Å². The Morgan fingerprint density at radius 2 is 2.00 bits per heavy atom. The summed E-state index contributed by atoms with van der Waals surface area (Å²) in [5.41, 5.74) is 5.52. The van der Waals surface area contributed by atoms with Crippen molar-refractivity contribution >= 4 is 23.2 Å². The van der Waals surface area contributed by atoms with E-state index in [4.69, 9.17) is 10.5 Å². The number of carbonyl (C=O) groups is 2. The highest BCUT2D eigenvalue weighted by molar-refractivity contribution is 7.09. The molecule has 22 heavy (non-hydrogen) atoms. The van der Waals surface area contributed by atoms with E-state index in [2.05, 4.69) is 0 Å². The van der Waals surface area contributed by atoms with Crippen molar-refractivity contribution in [1.82, 2.24) is 4.90 Å². The average molecular weight is 318 g/mol. The summed E-state index contributed by atoms with van der Waals surface area (Å²) < 4.78 is 5.33. The van der Waals surface area contributed by atoms with Crippen molar-refractivity contribution in [2.75, 3.05) is 13.2 Å². The number of nitrogens with two attached hydrogens (primary N) is 1. The lowest BCUT2D eigenvalue weighted by atomic mass is 10.1. The second kappa shape index (κ2) is 7.61. The summed E-state index contributed by atoms with van der Waals surface area (Å²) >= 11 is 1.61. The van der Waals surface area contributed by atoms with E-state index in [9.17, 15) is 9.59 Å². The van der Waals surface area contributed by atoms with E-state index in [1.54, 1.807) is 40.5 Å². The van der Waals surface area contributed by atoms with Gasteiger partial charge < -0.3 is 15.4 Å². The molecule has 116 valence electrons. The number of hydrogen-bond donors (Lipinski definition) is 1. The third kappa shape index (κ3) is 4.08. The monoisotopic (exact) mass is 318 g/mol. The van der Waals surface area contributed by atoms with Gasteiger partial charge in [-0.1, -0.05) is 18.2 Å². The van der Waals surface area contributed by atoms with Gasteiger partial charge in [-0.15, -0.1) is 11.3 Å². The number of ether oxygens (including phenoxy) is 1. The van der Waals surface area contributed by atoms with Gasteiger partial charge in [0.1, 0.15) is 5.75 Å². The first-order valence-corrected chi connectivity index (χ1v) is 7.81. The molecule has 1 aromatic heterocycles. The molecule has 1 aromatic carbocycles. The van der Waals surface area contributed by atoms with Crippen LogP contribution in [0.1, 0.15) is 22.2 Å². The Morgan fingerprint density at radius 3 is 2.64 bits per heavy atom. The molecule has 2 N–H and O–H groups in total. The molecule has 0 aliphatic heterocycles. The first-order valence-electron chi connectivity index (χ1n) is 6.93. The molecule has 6 heteroatoms. The lowest BCUT2D eigenvalue weighted by Gasteiger charge is -2.21. The molecular weight excluding hydrogens is 300 g/mol. The number of rotatable bonds is 7. The van der Waals surface area contributed by atoms with Gasteiger partial charge in [0.2, 0.25) is 0 Å². The lowest BCUT2D eigenvalue weighted by Crippen LogP contribution is -2.30. The maximum absolute atomic E-state index is 12.7. The molecule has 0 aliphatic rings. The molecule has 0 saturated carbocycles. The van der Waals surface area contributed by atoms with E-state index in [-0.39, 0.29) is 12.5 Å². The van der Waals surface area contributed by atoms with Gasteiger partial charge in [0.25, 0.3) is 11.8 Å². The van der Waals surface area contributed by atoms with Crippen LogP contribution in [-0.2, 0) is 11.3 Å². The smallest absolute Gasteiger partial charge is 0.257 e. The van der Waals surface area contributed by atoms with Crippen molar-refractivity contribution in [3.63, 3.8) is 0 Å². The van der Waals surface area contributed by atoms with Crippen LogP contribution in [0.5, 0.6) is 5.75 Å². The standard InChI is InChI=1S/C16H18N2O3S/c1-2-18(10-12-6-5-9-22-12)16(20)13-7-3-4-8-14(13)21-11-15(17)19/h3-9H,2,10-11H2,1H3,(H2,17,19). The molecule has 0 radical (unpaired) electrons. The Balaban J connectivity index is 2.17. The number of primary amides is 1. The fourth-order valence-corrected chi connectivity index (χ4v) is 2.73. The van der Waals surface area contributed by atoms with Crippen LogP contribution in [0.2, 0.25) is 0 Å². The number of hydrogen-bond acceptors (Lipinski definition) is 4. The fraction of sp³-hybridized carbons (Fsp3) is 0.250. The van der Waals surface area contributed by atoms with Gasteiger partial charge in [0, 0.05) is 11.4 Å². The zero-order valence-corrected chi connectivity index (χ0v) is 13.1. The highest BCUT2D eigenvalue weighted by Gasteiger charge is 2.19. The molecule has 0 spiro atoms. The van der Waals surface area contributed by atoms with Crippen LogP contribution in [0.3, 0.4) is 0 Å². The minimum Gasteiger partial charge on any atom is -0.483 e. The van der Waals surface area contributed by atoms with Crippen molar-refractivity contribution in [2.45, 2.75) is 13.5 Å². The molecule has 1 heterocycles. The molecule has 0 unspecified atom stereocenters. The van der Waals surface area contributed by atoms with E-state index < -0.39 is 5.91 Å². The fourth-order valence-electron chi connectivity index (χ4n) is 2.01. The van der Waals surface area contributed by atoms with Gasteiger partial charge in [0.15, 0.2) is 6.61 Å². The van der Waals surface area contributed by atoms with Crippen molar-refractivity contribution in [3.05, 3.63) is 52.2 Å². The molecule has 2 amide bonds. The molecule has 0 aliphatic carbocycles. The summed E-state index contributed by atoms with van der Waals surface area (Å²) in [5.74, 6) is -0.333. The zero-order valence-electron chi connectivity index (χ0n) is 12.3. The van der Waals surface area contributed by atoms with Crippen molar-refractivity contribution in [1.29, 1.82) is 0 Å². The molecule has 0 saturated heterocycles. The van der Waals surface area contributed by atoms with Crippen LogP contribution < -0.4 is 10.5 Å². The molecule has 5 nitrogen and oxygen atoms in total. The lowest BCUT2D eigenvalue weighted by molar-refractivity contribution is -0.119. The number of para-hydroxylation sites is 1. The molecule has 0 fully saturated rings. The minimum atomic E-state index is -0.576. The van der Waals surface area contributed by atoms with Crippen LogP contribution in [-0.4, -0.2) is 29.9 Å². The number of benzene rings is 1. The molecule has 2 aromatic rings. The predicted molar refractivity (Wildman–Crippen MR) is 85.9 cm³/mol. The summed E-state index contributed by atoms with van der Waals surface area (Å²) in [7, 11) is 0. The zero-order chi connectivity index (χ0) is 15.9. The maximum atomic E-state index is 12.7. The molecule has 0 atom stereocenters. The predicted octanol–water partition coefficient (Wildman–Crippen LogP) is 2.27. The summed E-state index contributed by atoms with van der Waals surface area (Å²) in [6.07, 6.45) is 0. The SMILES string of the molecule is CCN(Cc1cccs1)C(=O)c1ccccc1OCC(N)=O. The maximum Gasteiger partial charge on any atom is 0.257 e. The van der Waals surface area contributed by atoms with Gasteiger partial charge in [-0.2, -0.15) is 0 Å². The van der Waals surface area contributed by atoms with Crippen LogP contribution in [0.25, 0.3) is 0 Å². The number of carbonyl (C=O) groups excluding carboxylic acids is 2. The van der Waals surface area contributed by atoms with Gasteiger partial charge in [-0.05, 0) is 30.5 Å². The third-order valence-electron chi connectivity index (χ3n) is 3.08. The topological polar surface area (TPSA) is 72.6 Å². The molecule has 0 bridgehead atoms. The van der Waals surface area contributed by atoms with Crippen LogP contribution >= 0.6 is 11.3 Å². The highest BCUT2D eigenvalue weighted by Crippen LogP contribution is 2.21. The average Bonchev–Trinajstić information content (AvgIpc) is 3.03. The Bertz CT molecular complexity index is 641. The Kier molecular flexibility index (Phi) is 5.55. The van der Waals surface area contributed by atoms with Crippen molar-refractivity contribution in [3.8, 4) is 5.75 Å². The number of nitrogens with zero attached hydrogens (tertiary/aromatic N) is 1. The summed E-state index contributed by atoms with van der Waals surface area (Å²) in [6.45, 7) is 2.82. The molecule has 2 rings (SSSR count). The summed E-state index contributed by atoms with van der Waals surface area (Å²) in [4.78, 5) is 26.4. The first kappa shape index (κ1) is 16.0.